The summed E-state index contributed by atoms with van der Waals surface area (Å²) in [4.78, 5) is 0. The highest BCUT2D eigenvalue weighted by Gasteiger charge is 2.22. The van der Waals surface area contributed by atoms with Gasteiger partial charge in [0.2, 0.25) is 0 Å². The number of fused-ring (bicyclic) bond motifs is 8. The molecule has 2 heteroatoms. The minimum absolute atomic E-state index is 0.682. The monoisotopic (exact) mass is 456 g/mol. The largest absolute Gasteiger partial charge is 0.308 e. The first kappa shape index (κ1) is 19.4. The Balaban J connectivity index is 1.63. The Bertz CT molecular complexity index is 2210. The van der Waals surface area contributed by atoms with E-state index in [0.717, 1.165) is 5.56 Å². The quantitative estimate of drug-likeness (QED) is 0.242. The summed E-state index contributed by atoms with van der Waals surface area (Å²) in [5.41, 5.74) is 8.10. The molecule has 0 spiro atoms. The molecule has 2 aromatic heterocycles. The van der Waals surface area contributed by atoms with Gasteiger partial charge in [0.25, 0.3) is 0 Å². The summed E-state index contributed by atoms with van der Waals surface area (Å²) in [5, 5.41) is 19.5. The van der Waals surface area contributed by atoms with Gasteiger partial charge in [-0.15, -0.1) is 0 Å². The van der Waals surface area contributed by atoms with Crippen molar-refractivity contribution in [2.45, 2.75) is 6.92 Å². The van der Waals surface area contributed by atoms with Crippen LogP contribution in [0, 0.1) is 18.3 Å². The number of nitriles is 1. The second kappa shape index (κ2) is 6.84. The third kappa shape index (κ3) is 2.44. The first-order valence-electron chi connectivity index (χ1n) is 12.3. The second-order valence-corrected chi connectivity index (χ2v) is 9.78. The van der Waals surface area contributed by atoms with Crippen molar-refractivity contribution in [3.05, 3.63) is 114 Å². The van der Waals surface area contributed by atoms with E-state index in [1.54, 1.807) is 0 Å². The lowest BCUT2D eigenvalue weighted by molar-refractivity contribution is 1.37. The van der Waals surface area contributed by atoms with E-state index in [9.17, 15) is 5.26 Å². The van der Waals surface area contributed by atoms with E-state index in [0.29, 0.717) is 5.56 Å². The molecule has 2 heterocycles. The zero-order valence-electron chi connectivity index (χ0n) is 19.7. The summed E-state index contributed by atoms with van der Waals surface area (Å²) in [6.45, 7) is 2.24. The maximum absolute atomic E-state index is 9.30. The molecule has 166 valence electrons. The first-order chi connectivity index (χ1) is 17.7. The van der Waals surface area contributed by atoms with Crippen molar-refractivity contribution >= 4 is 59.6 Å². The minimum atomic E-state index is 0.682. The predicted molar refractivity (Wildman–Crippen MR) is 151 cm³/mol. The van der Waals surface area contributed by atoms with Gasteiger partial charge < -0.3 is 4.40 Å². The summed E-state index contributed by atoms with van der Waals surface area (Å²) in [6.07, 6.45) is 0. The zero-order chi connectivity index (χ0) is 24.0. The normalized spacial score (nSPS) is 12.0. The van der Waals surface area contributed by atoms with Crippen LogP contribution in [0.3, 0.4) is 0 Å². The molecule has 0 unspecified atom stereocenters. The van der Waals surface area contributed by atoms with Crippen molar-refractivity contribution < 1.29 is 0 Å². The molecule has 0 fully saturated rings. The average molecular weight is 457 g/mol. The third-order valence-corrected chi connectivity index (χ3v) is 7.88. The molecule has 0 saturated carbocycles. The predicted octanol–water partition coefficient (Wildman–Crippen LogP) is 8.99. The van der Waals surface area contributed by atoms with Crippen molar-refractivity contribution in [2.75, 3.05) is 0 Å². The standard InChI is InChI=1S/C34H20N2/c1-20-27(22-12-10-21(19-35)11-13-22)18-29-28-14-23-6-2-4-8-25(23)16-31(28)36-32-17-26-9-5-3-7-24(26)15-30(32)33(20)34(29)36/h2-18H,1H3. The summed E-state index contributed by atoms with van der Waals surface area (Å²) in [5.74, 6) is 0. The Morgan fingerprint density at radius 1 is 0.611 bits per heavy atom. The lowest BCUT2D eigenvalue weighted by Gasteiger charge is -2.10. The van der Waals surface area contributed by atoms with Gasteiger partial charge in [-0.25, -0.2) is 0 Å². The molecule has 6 aromatic carbocycles. The smallest absolute Gasteiger partial charge is 0.0991 e. The number of hydrogen-bond donors (Lipinski definition) is 0. The summed E-state index contributed by atoms with van der Waals surface area (Å²) < 4.78 is 2.48. The molecule has 0 saturated heterocycles. The average Bonchev–Trinajstić information content (AvgIpc) is 3.41. The van der Waals surface area contributed by atoms with Crippen LogP contribution in [-0.2, 0) is 0 Å². The Hall–Kier alpha value is -4.87. The van der Waals surface area contributed by atoms with Crippen molar-refractivity contribution in [1.29, 1.82) is 5.26 Å². The number of rotatable bonds is 1. The van der Waals surface area contributed by atoms with Crippen LogP contribution >= 0.6 is 0 Å². The Kier molecular flexibility index (Phi) is 3.69. The molecule has 2 nitrogen and oxygen atoms in total. The van der Waals surface area contributed by atoms with Gasteiger partial charge in [0, 0.05) is 21.5 Å². The molecule has 36 heavy (non-hydrogen) atoms. The number of aryl methyl sites for hydroxylation is 1. The van der Waals surface area contributed by atoms with Crippen LogP contribution in [-0.4, -0.2) is 4.40 Å². The van der Waals surface area contributed by atoms with Crippen molar-refractivity contribution in [3.8, 4) is 17.2 Å². The van der Waals surface area contributed by atoms with Gasteiger partial charge in [-0.1, -0.05) is 60.7 Å². The van der Waals surface area contributed by atoms with E-state index >= 15 is 0 Å². The van der Waals surface area contributed by atoms with Crippen molar-refractivity contribution in [1.82, 2.24) is 4.40 Å². The Morgan fingerprint density at radius 2 is 1.17 bits per heavy atom. The van der Waals surface area contributed by atoms with E-state index in [4.69, 9.17) is 0 Å². The molecule has 0 aliphatic heterocycles. The van der Waals surface area contributed by atoms with E-state index in [-0.39, 0.29) is 0 Å². The van der Waals surface area contributed by atoms with Gasteiger partial charge >= 0.3 is 0 Å². The van der Waals surface area contributed by atoms with Crippen molar-refractivity contribution in [3.63, 3.8) is 0 Å². The van der Waals surface area contributed by atoms with Gasteiger partial charge in [-0.2, -0.15) is 5.26 Å². The first-order valence-corrected chi connectivity index (χ1v) is 12.3. The highest BCUT2D eigenvalue weighted by molar-refractivity contribution is 6.28. The second-order valence-electron chi connectivity index (χ2n) is 9.78. The summed E-state index contributed by atoms with van der Waals surface area (Å²) >= 11 is 0. The van der Waals surface area contributed by atoms with Crippen LogP contribution in [0.5, 0.6) is 0 Å². The lowest BCUT2D eigenvalue weighted by atomic mass is 9.93. The maximum atomic E-state index is 9.30. The van der Waals surface area contributed by atoms with Gasteiger partial charge in [0.1, 0.15) is 0 Å². The molecule has 0 N–H and O–H groups in total. The molecule has 8 aromatic rings. The van der Waals surface area contributed by atoms with Gasteiger partial charge in [-0.3, -0.25) is 0 Å². The molecule has 8 rings (SSSR count). The Labute approximate surface area is 207 Å². The minimum Gasteiger partial charge on any atom is -0.308 e. The molecular weight excluding hydrogens is 436 g/mol. The van der Waals surface area contributed by atoms with Crippen LogP contribution in [0.4, 0.5) is 0 Å². The van der Waals surface area contributed by atoms with E-state index in [1.165, 1.54) is 70.8 Å². The van der Waals surface area contributed by atoms with E-state index in [2.05, 4.69) is 108 Å². The zero-order valence-corrected chi connectivity index (χ0v) is 19.7. The highest BCUT2D eigenvalue weighted by Crippen LogP contribution is 2.45. The van der Waals surface area contributed by atoms with Crippen LogP contribution < -0.4 is 0 Å². The van der Waals surface area contributed by atoms with Crippen LogP contribution in [0.25, 0.3) is 70.8 Å². The fourth-order valence-electron chi connectivity index (χ4n) is 6.17. The third-order valence-electron chi connectivity index (χ3n) is 7.88. The number of hydrogen-bond acceptors (Lipinski definition) is 1. The molecule has 0 radical (unpaired) electrons. The fourth-order valence-corrected chi connectivity index (χ4v) is 6.17. The van der Waals surface area contributed by atoms with E-state index < -0.39 is 0 Å². The maximum Gasteiger partial charge on any atom is 0.0991 e. The lowest BCUT2D eigenvalue weighted by Crippen LogP contribution is -1.86. The van der Waals surface area contributed by atoms with Crippen LogP contribution in [0.1, 0.15) is 11.1 Å². The molecular formula is C34H20N2. The van der Waals surface area contributed by atoms with Crippen molar-refractivity contribution in [2.24, 2.45) is 0 Å². The number of aromatic nitrogens is 1. The molecule has 0 bridgehead atoms. The van der Waals surface area contributed by atoms with Crippen LogP contribution in [0.2, 0.25) is 0 Å². The Morgan fingerprint density at radius 3 is 1.78 bits per heavy atom. The number of nitrogens with zero attached hydrogens (tertiary/aromatic N) is 2. The molecule has 0 atom stereocenters. The van der Waals surface area contributed by atoms with E-state index in [1.807, 2.05) is 12.1 Å². The fraction of sp³-hybridized carbons (Fsp3) is 0.0294. The SMILES string of the molecule is Cc1c(-c2ccc(C#N)cc2)cc2c3cc4ccccc4cc3n3c4cc5ccccc5cc4c1c23. The summed E-state index contributed by atoms with van der Waals surface area (Å²) in [6, 6.07) is 39.2. The summed E-state index contributed by atoms with van der Waals surface area (Å²) in [7, 11) is 0. The molecule has 0 aliphatic rings. The van der Waals surface area contributed by atoms with Gasteiger partial charge in [0.15, 0.2) is 0 Å². The topological polar surface area (TPSA) is 28.2 Å². The van der Waals surface area contributed by atoms with Crippen LogP contribution in [0.15, 0.2) is 103 Å². The van der Waals surface area contributed by atoms with Gasteiger partial charge in [-0.05, 0) is 87.6 Å². The molecule has 0 aliphatic carbocycles. The molecule has 0 amide bonds. The highest BCUT2D eigenvalue weighted by atomic mass is 14.9. The number of benzene rings is 6. The van der Waals surface area contributed by atoms with Gasteiger partial charge in [0.05, 0.1) is 28.2 Å².